The van der Waals surface area contributed by atoms with E-state index >= 15 is 0 Å². The fourth-order valence-electron chi connectivity index (χ4n) is 5.76. The molecule has 2 saturated heterocycles. The molecular weight excluding hydrogens is 415 g/mol. The quantitative estimate of drug-likeness (QED) is 0.771. The van der Waals surface area contributed by atoms with E-state index in [1.54, 1.807) is 6.20 Å². The lowest BCUT2D eigenvalue weighted by Gasteiger charge is -2.42. The Hall–Kier alpha value is -3.37. The number of likely N-dealkylation sites (tertiary alicyclic amines) is 1. The van der Waals surface area contributed by atoms with Crippen LogP contribution in [0, 0.1) is 11.3 Å². The SMILES string of the molecule is C[C@@H]1CN(c2ccc(C#N)c3ncccc23)CC2=C3CC=C(N4C[C@H](N)[C@@H](F)C4)C=C3CN21. The largest absolute Gasteiger partial charge is 0.367 e. The van der Waals surface area contributed by atoms with Crippen molar-refractivity contribution in [2.75, 3.05) is 37.6 Å². The van der Waals surface area contributed by atoms with Crippen LogP contribution >= 0.6 is 0 Å². The number of benzene rings is 1. The minimum Gasteiger partial charge on any atom is -0.367 e. The van der Waals surface area contributed by atoms with E-state index in [4.69, 9.17) is 5.73 Å². The molecule has 4 heterocycles. The van der Waals surface area contributed by atoms with E-state index in [1.807, 2.05) is 12.1 Å². The molecule has 2 fully saturated rings. The van der Waals surface area contributed by atoms with Crippen LogP contribution in [0.2, 0.25) is 0 Å². The highest BCUT2D eigenvalue weighted by molar-refractivity contribution is 5.95. The minimum absolute atomic E-state index is 0.356. The van der Waals surface area contributed by atoms with Crippen molar-refractivity contribution in [1.82, 2.24) is 14.8 Å². The molecule has 0 spiro atoms. The molecule has 1 aliphatic carbocycles. The molecular formula is C26H27FN6. The summed E-state index contributed by atoms with van der Waals surface area (Å²) >= 11 is 0. The second-order valence-electron chi connectivity index (χ2n) is 9.51. The first-order valence-corrected chi connectivity index (χ1v) is 11.6. The van der Waals surface area contributed by atoms with Crippen LogP contribution in [0.4, 0.5) is 10.1 Å². The third-order valence-corrected chi connectivity index (χ3v) is 7.48. The van der Waals surface area contributed by atoms with Crippen molar-refractivity contribution < 1.29 is 4.39 Å². The molecule has 3 aliphatic heterocycles. The Bertz CT molecular complexity index is 1260. The second-order valence-corrected chi connectivity index (χ2v) is 9.51. The molecule has 7 heteroatoms. The second kappa shape index (κ2) is 7.60. The van der Waals surface area contributed by atoms with Gasteiger partial charge in [-0.05, 0) is 54.8 Å². The molecule has 1 aromatic carbocycles. The van der Waals surface area contributed by atoms with Gasteiger partial charge < -0.3 is 20.4 Å². The Morgan fingerprint density at radius 3 is 2.82 bits per heavy atom. The summed E-state index contributed by atoms with van der Waals surface area (Å²) in [4.78, 5) is 11.5. The smallest absolute Gasteiger partial charge is 0.134 e. The van der Waals surface area contributed by atoms with Gasteiger partial charge in [-0.25, -0.2) is 4.39 Å². The van der Waals surface area contributed by atoms with Gasteiger partial charge in [0.15, 0.2) is 0 Å². The van der Waals surface area contributed by atoms with Gasteiger partial charge in [-0.3, -0.25) is 4.98 Å². The van der Waals surface area contributed by atoms with Crippen LogP contribution in [0.25, 0.3) is 10.9 Å². The van der Waals surface area contributed by atoms with E-state index in [1.165, 1.54) is 16.8 Å². The summed E-state index contributed by atoms with van der Waals surface area (Å²) in [6.07, 6.45) is 6.13. The van der Waals surface area contributed by atoms with Crippen molar-refractivity contribution in [3.05, 3.63) is 70.7 Å². The maximum atomic E-state index is 14.0. The maximum absolute atomic E-state index is 14.0. The lowest BCUT2D eigenvalue weighted by molar-refractivity contribution is 0.274. The monoisotopic (exact) mass is 442 g/mol. The molecule has 0 radical (unpaired) electrons. The Balaban J connectivity index is 1.32. The minimum atomic E-state index is -0.954. The molecule has 0 unspecified atom stereocenters. The number of fused-ring (bicyclic) bond motifs is 3. The highest BCUT2D eigenvalue weighted by atomic mass is 19.1. The summed E-state index contributed by atoms with van der Waals surface area (Å²) in [6, 6.07) is 10.2. The van der Waals surface area contributed by atoms with E-state index in [0.29, 0.717) is 24.7 Å². The predicted octanol–water partition coefficient (Wildman–Crippen LogP) is 3.08. The van der Waals surface area contributed by atoms with Gasteiger partial charge in [-0.15, -0.1) is 0 Å². The molecule has 6 rings (SSSR count). The molecule has 3 atom stereocenters. The van der Waals surface area contributed by atoms with Crippen molar-refractivity contribution in [2.24, 2.45) is 5.73 Å². The van der Waals surface area contributed by atoms with Crippen LogP contribution in [0.1, 0.15) is 18.9 Å². The molecule has 0 saturated carbocycles. The summed E-state index contributed by atoms with van der Waals surface area (Å²) in [5.74, 6) is 0. The number of rotatable bonds is 2. The zero-order valence-electron chi connectivity index (χ0n) is 18.7. The zero-order chi connectivity index (χ0) is 22.7. The van der Waals surface area contributed by atoms with Crippen molar-refractivity contribution in [3.63, 3.8) is 0 Å². The fourth-order valence-corrected chi connectivity index (χ4v) is 5.76. The number of nitrogens with two attached hydrogens (primary N) is 1. The number of pyridine rings is 1. The Morgan fingerprint density at radius 1 is 1.15 bits per heavy atom. The summed E-state index contributed by atoms with van der Waals surface area (Å²) in [5, 5.41) is 10.5. The normalized spacial score (nSPS) is 26.8. The number of alkyl halides is 1. The van der Waals surface area contributed by atoms with E-state index in [2.05, 4.69) is 57.0 Å². The number of nitriles is 1. The number of halogens is 1. The van der Waals surface area contributed by atoms with Gasteiger partial charge in [-0.2, -0.15) is 5.26 Å². The van der Waals surface area contributed by atoms with Gasteiger partial charge in [0.05, 0.1) is 30.2 Å². The van der Waals surface area contributed by atoms with E-state index in [-0.39, 0.29) is 0 Å². The van der Waals surface area contributed by atoms with Gasteiger partial charge in [-0.1, -0.05) is 6.08 Å². The molecule has 2 N–H and O–H groups in total. The molecule has 4 aliphatic rings. The predicted molar refractivity (Wildman–Crippen MR) is 127 cm³/mol. The van der Waals surface area contributed by atoms with Gasteiger partial charge in [0, 0.05) is 54.3 Å². The first kappa shape index (κ1) is 20.3. The Morgan fingerprint density at radius 2 is 2.03 bits per heavy atom. The van der Waals surface area contributed by atoms with E-state index in [9.17, 15) is 9.65 Å². The average molecular weight is 443 g/mol. The van der Waals surface area contributed by atoms with Gasteiger partial charge >= 0.3 is 0 Å². The Kier molecular flexibility index (Phi) is 4.66. The van der Waals surface area contributed by atoms with Crippen LogP contribution in [-0.4, -0.2) is 65.8 Å². The average Bonchev–Trinajstić information content (AvgIpc) is 3.37. The van der Waals surface area contributed by atoms with Crippen LogP contribution in [0.3, 0.4) is 0 Å². The van der Waals surface area contributed by atoms with Crippen molar-refractivity contribution in [1.29, 1.82) is 5.26 Å². The molecule has 168 valence electrons. The summed E-state index contributed by atoms with van der Waals surface area (Å²) in [6.45, 7) is 5.89. The summed E-state index contributed by atoms with van der Waals surface area (Å²) in [5.41, 5.74) is 13.6. The fraction of sp³-hybridized carbons (Fsp3) is 0.385. The van der Waals surface area contributed by atoms with Gasteiger partial charge in [0.2, 0.25) is 0 Å². The van der Waals surface area contributed by atoms with E-state index < -0.39 is 12.2 Å². The molecule has 6 nitrogen and oxygen atoms in total. The molecule has 0 amide bonds. The van der Waals surface area contributed by atoms with Gasteiger partial charge in [0.1, 0.15) is 12.2 Å². The Labute approximate surface area is 193 Å². The third-order valence-electron chi connectivity index (χ3n) is 7.48. The zero-order valence-corrected chi connectivity index (χ0v) is 18.7. The topological polar surface area (TPSA) is 72.4 Å². The first-order valence-electron chi connectivity index (χ1n) is 11.6. The van der Waals surface area contributed by atoms with Crippen LogP contribution in [0.15, 0.2) is 65.2 Å². The summed E-state index contributed by atoms with van der Waals surface area (Å²) in [7, 11) is 0. The molecule has 33 heavy (non-hydrogen) atoms. The third kappa shape index (κ3) is 3.20. The van der Waals surface area contributed by atoms with Crippen molar-refractivity contribution in [2.45, 2.75) is 31.6 Å². The van der Waals surface area contributed by atoms with Crippen LogP contribution in [0.5, 0.6) is 0 Å². The maximum Gasteiger partial charge on any atom is 0.134 e. The summed E-state index contributed by atoms with van der Waals surface area (Å²) < 4.78 is 14.0. The highest BCUT2D eigenvalue weighted by Crippen LogP contribution is 2.41. The van der Waals surface area contributed by atoms with Gasteiger partial charge in [0.25, 0.3) is 0 Å². The number of hydrogen-bond donors (Lipinski definition) is 1. The highest BCUT2D eigenvalue weighted by Gasteiger charge is 2.38. The van der Waals surface area contributed by atoms with Crippen molar-refractivity contribution in [3.8, 4) is 6.07 Å². The number of anilines is 1. The molecule has 2 aromatic rings. The number of allylic oxidation sites excluding steroid dienone is 2. The first-order chi connectivity index (χ1) is 16.0. The molecule has 0 bridgehead atoms. The lowest BCUT2D eigenvalue weighted by atomic mass is 9.96. The van der Waals surface area contributed by atoms with E-state index in [0.717, 1.165) is 48.3 Å². The number of piperazine rings is 1. The molecule has 1 aromatic heterocycles. The van der Waals surface area contributed by atoms with Crippen molar-refractivity contribution >= 4 is 16.6 Å². The standard InChI is InChI=1S/C26H27FN6/c1-16-11-32(24-7-4-17(10-28)26-21(24)3-2-8-30-26)15-25-20-6-5-19(9-18(20)12-33(16)25)31-13-22(27)23(29)14-31/h2-5,7-9,16,22-23H,6,11-15,29H2,1H3/t16-,22+,23+/m1/s1. The number of nitrogens with zero attached hydrogens (tertiary/aromatic N) is 5. The number of aromatic nitrogens is 1. The lowest BCUT2D eigenvalue weighted by Crippen LogP contribution is -2.49. The van der Waals surface area contributed by atoms with Crippen LogP contribution in [-0.2, 0) is 0 Å². The number of hydrogen-bond acceptors (Lipinski definition) is 6. The van der Waals surface area contributed by atoms with Crippen LogP contribution < -0.4 is 10.6 Å².